The fourth-order valence-electron chi connectivity index (χ4n) is 2.08. The van der Waals surface area contributed by atoms with Crippen molar-refractivity contribution < 1.29 is 4.42 Å². The van der Waals surface area contributed by atoms with E-state index in [1.165, 1.54) is 4.57 Å². The Hall–Kier alpha value is -1.75. The summed E-state index contributed by atoms with van der Waals surface area (Å²) in [6.45, 7) is 5.07. The second-order valence-corrected chi connectivity index (χ2v) is 5.15. The Labute approximate surface area is 106 Å². The summed E-state index contributed by atoms with van der Waals surface area (Å²) < 4.78 is 6.60. The van der Waals surface area contributed by atoms with Gasteiger partial charge in [-0.2, -0.15) is 0 Å². The number of hydrogen-bond acceptors (Lipinski definition) is 4. The number of rotatable bonds is 4. The van der Waals surface area contributed by atoms with Crippen LogP contribution in [0.2, 0.25) is 0 Å². The average Bonchev–Trinajstić information content (AvgIpc) is 2.55. The highest BCUT2D eigenvalue weighted by Gasteiger charge is 2.16. The highest BCUT2D eigenvalue weighted by Crippen LogP contribution is 2.20. The van der Waals surface area contributed by atoms with Crippen molar-refractivity contribution in [3.63, 3.8) is 0 Å². The predicted octanol–water partition coefficient (Wildman–Crippen LogP) is 1.54. The quantitative estimate of drug-likeness (QED) is 0.863. The Balaban J connectivity index is 2.35. The summed E-state index contributed by atoms with van der Waals surface area (Å²) in [5.41, 5.74) is 2.31. The minimum atomic E-state index is -0.336. The lowest BCUT2D eigenvalue weighted by atomic mass is 10.1. The van der Waals surface area contributed by atoms with E-state index < -0.39 is 0 Å². The largest absolute Gasteiger partial charge is 0.419 e. The van der Waals surface area contributed by atoms with Gasteiger partial charge in [0.1, 0.15) is 0 Å². The molecule has 0 aliphatic carbocycles. The molecule has 5 nitrogen and oxygen atoms in total. The Kier molecular flexibility index (Phi) is 3.17. The molecular formula is C13H19N3O2. The molecule has 98 valence electrons. The molecule has 0 spiro atoms. The van der Waals surface area contributed by atoms with Gasteiger partial charge < -0.3 is 15.1 Å². The third-order valence-corrected chi connectivity index (χ3v) is 2.89. The number of oxazole rings is 1. The molecular weight excluding hydrogens is 230 g/mol. The number of hydrogen-bond donors (Lipinski definition) is 2. The van der Waals surface area contributed by atoms with Crippen molar-refractivity contribution in [2.75, 3.05) is 18.9 Å². The van der Waals surface area contributed by atoms with E-state index in [0.717, 1.165) is 17.7 Å². The molecule has 0 aliphatic rings. The van der Waals surface area contributed by atoms with Crippen LogP contribution >= 0.6 is 0 Å². The van der Waals surface area contributed by atoms with Crippen LogP contribution in [-0.2, 0) is 7.05 Å². The summed E-state index contributed by atoms with van der Waals surface area (Å²) in [6, 6.07) is 5.66. The van der Waals surface area contributed by atoms with Gasteiger partial charge in [0.2, 0.25) is 0 Å². The van der Waals surface area contributed by atoms with E-state index in [4.69, 9.17) is 4.42 Å². The highest BCUT2D eigenvalue weighted by atomic mass is 16.4. The number of likely N-dealkylation sites (N-methyl/N-ethyl adjacent to an activating group) is 1. The zero-order valence-electron chi connectivity index (χ0n) is 11.2. The number of aromatic nitrogens is 1. The van der Waals surface area contributed by atoms with E-state index in [9.17, 15) is 4.79 Å². The third kappa shape index (κ3) is 2.41. The van der Waals surface area contributed by atoms with Gasteiger partial charge in [-0.15, -0.1) is 0 Å². The van der Waals surface area contributed by atoms with Crippen LogP contribution in [0.15, 0.2) is 27.4 Å². The van der Waals surface area contributed by atoms with Crippen LogP contribution in [0.4, 0.5) is 5.69 Å². The van der Waals surface area contributed by atoms with E-state index in [1.807, 2.05) is 25.2 Å². The van der Waals surface area contributed by atoms with Crippen molar-refractivity contribution in [1.82, 2.24) is 9.88 Å². The Bertz CT molecular complexity index is 610. The summed E-state index contributed by atoms with van der Waals surface area (Å²) in [6.07, 6.45) is 0. The normalized spacial score (nSPS) is 12.0. The van der Waals surface area contributed by atoms with Gasteiger partial charge in [-0.05, 0) is 39.1 Å². The van der Waals surface area contributed by atoms with Crippen LogP contribution in [0.1, 0.15) is 13.8 Å². The van der Waals surface area contributed by atoms with Crippen molar-refractivity contribution in [2.24, 2.45) is 7.05 Å². The van der Waals surface area contributed by atoms with E-state index in [2.05, 4.69) is 24.5 Å². The number of nitrogens with zero attached hydrogens (tertiary/aromatic N) is 1. The smallest absolute Gasteiger partial charge is 0.408 e. The topological polar surface area (TPSA) is 59.2 Å². The molecule has 0 unspecified atom stereocenters. The van der Waals surface area contributed by atoms with Crippen LogP contribution in [0, 0.1) is 0 Å². The molecule has 0 radical (unpaired) electrons. The first kappa shape index (κ1) is 12.7. The molecule has 2 aromatic rings. The Morgan fingerprint density at radius 2 is 2.11 bits per heavy atom. The maximum absolute atomic E-state index is 11.4. The van der Waals surface area contributed by atoms with E-state index in [1.54, 1.807) is 7.05 Å². The minimum absolute atomic E-state index is 0.0645. The first-order chi connectivity index (χ1) is 8.43. The minimum Gasteiger partial charge on any atom is -0.408 e. The average molecular weight is 249 g/mol. The molecule has 1 aromatic carbocycles. The van der Waals surface area contributed by atoms with Gasteiger partial charge in [-0.3, -0.25) is 4.57 Å². The molecule has 5 heteroatoms. The van der Waals surface area contributed by atoms with Crippen LogP contribution in [0.25, 0.3) is 11.1 Å². The number of anilines is 1. The van der Waals surface area contributed by atoms with Gasteiger partial charge >= 0.3 is 5.76 Å². The van der Waals surface area contributed by atoms with Crippen molar-refractivity contribution in [1.29, 1.82) is 0 Å². The van der Waals surface area contributed by atoms with Crippen LogP contribution in [0.5, 0.6) is 0 Å². The molecule has 2 rings (SSSR count). The van der Waals surface area contributed by atoms with Gasteiger partial charge in [0.25, 0.3) is 0 Å². The van der Waals surface area contributed by atoms with Crippen molar-refractivity contribution in [2.45, 2.75) is 19.4 Å². The predicted molar refractivity (Wildman–Crippen MR) is 73.1 cm³/mol. The number of benzene rings is 1. The molecule has 0 aliphatic heterocycles. The maximum atomic E-state index is 11.4. The van der Waals surface area contributed by atoms with E-state index >= 15 is 0 Å². The van der Waals surface area contributed by atoms with Crippen LogP contribution in [-0.4, -0.2) is 23.7 Å². The molecule has 2 N–H and O–H groups in total. The lowest BCUT2D eigenvalue weighted by Gasteiger charge is -2.27. The zero-order chi connectivity index (χ0) is 13.3. The molecule has 0 bridgehead atoms. The first-order valence-electron chi connectivity index (χ1n) is 5.95. The monoisotopic (exact) mass is 249 g/mol. The number of fused-ring (bicyclic) bond motifs is 1. The standard InChI is InChI=1S/C13H19N3O2/c1-13(2,8-14-3)15-9-5-6-11-10(7-9)16(4)12(17)18-11/h5-7,14-15H,8H2,1-4H3. The summed E-state index contributed by atoms with van der Waals surface area (Å²) >= 11 is 0. The second kappa shape index (κ2) is 4.49. The van der Waals surface area contributed by atoms with Gasteiger partial charge in [0.15, 0.2) is 5.58 Å². The summed E-state index contributed by atoms with van der Waals surface area (Å²) in [5, 5.41) is 6.57. The third-order valence-electron chi connectivity index (χ3n) is 2.89. The van der Waals surface area contributed by atoms with Gasteiger partial charge in [-0.25, -0.2) is 4.79 Å². The van der Waals surface area contributed by atoms with Crippen molar-refractivity contribution in [3.05, 3.63) is 28.7 Å². The lowest BCUT2D eigenvalue weighted by Crippen LogP contribution is -2.40. The maximum Gasteiger partial charge on any atom is 0.419 e. The summed E-state index contributed by atoms with van der Waals surface area (Å²) in [7, 11) is 3.63. The molecule has 0 atom stereocenters. The highest BCUT2D eigenvalue weighted by molar-refractivity contribution is 5.77. The fraction of sp³-hybridized carbons (Fsp3) is 0.462. The van der Waals surface area contributed by atoms with Crippen molar-refractivity contribution >= 4 is 16.8 Å². The number of aryl methyl sites for hydroxylation is 1. The summed E-state index contributed by atoms with van der Waals surface area (Å²) in [4.78, 5) is 11.4. The molecule has 1 aromatic heterocycles. The van der Waals surface area contributed by atoms with Crippen LogP contribution < -0.4 is 16.4 Å². The zero-order valence-corrected chi connectivity index (χ0v) is 11.2. The van der Waals surface area contributed by atoms with Gasteiger partial charge in [-0.1, -0.05) is 0 Å². The lowest BCUT2D eigenvalue weighted by molar-refractivity contribution is 0.527. The Morgan fingerprint density at radius 1 is 1.39 bits per heavy atom. The molecule has 0 saturated heterocycles. The van der Waals surface area contributed by atoms with Gasteiger partial charge in [0, 0.05) is 24.8 Å². The van der Waals surface area contributed by atoms with Crippen molar-refractivity contribution in [3.8, 4) is 0 Å². The van der Waals surface area contributed by atoms with E-state index in [-0.39, 0.29) is 11.3 Å². The molecule has 0 saturated carbocycles. The number of nitrogens with one attached hydrogen (secondary N) is 2. The molecule has 0 amide bonds. The fourth-order valence-corrected chi connectivity index (χ4v) is 2.08. The first-order valence-corrected chi connectivity index (χ1v) is 5.95. The second-order valence-electron chi connectivity index (χ2n) is 5.15. The Morgan fingerprint density at radius 3 is 2.78 bits per heavy atom. The SMILES string of the molecule is CNCC(C)(C)Nc1ccc2oc(=O)n(C)c2c1. The van der Waals surface area contributed by atoms with Gasteiger partial charge in [0.05, 0.1) is 5.52 Å². The van der Waals surface area contributed by atoms with E-state index in [0.29, 0.717) is 5.58 Å². The van der Waals surface area contributed by atoms with Crippen LogP contribution in [0.3, 0.4) is 0 Å². The molecule has 18 heavy (non-hydrogen) atoms. The summed E-state index contributed by atoms with van der Waals surface area (Å²) in [5.74, 6) is -0.336. The molecule has 0 fully saturated rings. The molecule has 1 heterocycles.